The molecule has 0 fully saturated rings. The number of alkyl halides is 3. The molecule has 1 rings (SSSR count). The fourth-order valence-electron chi connectivity index (χ4n) is 1.84. The Hall–Kier alpha value is -1.76. The molecule has 1 atom stereocenters. The zero-order valence-electron chi connectivity index (χ0n) is 12.1. The van der Waals surface area contributed by atoms with Gasteiger partial charge in [0, 0.05) is 13.1 Å². The number of rotatable bonds is 5. The summed E-state index contributed by atoms with van der Waals surface area (Å²) in [5, 5.41) is 2.32. The van der Waals surface area contributed by atoms with Crippen molar-refractivity contribution in [2.45, 2.75) is 20.0 Å². The molecule has 1 unspecified atom stereocenters. The number of urea groups is 1. The predicted octanol–water partition coefficient (Wildman–Crippen LogP) is 3.15. The molecule has 0 radical (unpaired) electrons. The van der Waals surface area contributed by atoms with Crippen LogP contribution in [0.3, 0.4) is 0 Å². The van der Waals surface area contributed by atoms with Crippen molar-refractivity contribution in [2.75, 3.05) is 25.0 Å². The lowest BCUT2D eigenvalue weighted by atomic mass is 10.1. The number of anilines is 1. The van der Waals surface area contributed by atoms with Gasteiger partial charge in [0.15, 0.2) is 0 Å². The molecule has 0 aromatic heterocycles. The van der Waals surface area contributed by atoms with Gasteiger partial charge in [0.1, 0.15) is 0 Å². The quantitative estimate of drug-likeness (QED) is 0.878. The second kappa shape index (κ2) is 7.31. The molecule has 21 heavy (non-hydrogen) atoms. The molecular weight excluding hydrogens is 283 g/mol. The Bertz CT molecular complexity index is 477. The summed E-state index contributed by atoms with van der Waals surface area (Å²) in [4.78, 5) is 13.5. The number of hydrogen-bond donors (Lipinski definition) is 2. The van der Waals surface area contributed by atoms with Crippen molar-refractivity contribution in [1.82, 2.24) is 4.90 Å². The standard InChI is InChI=1S/C14H20F3N3O/c1-3-20(9-10(2)8-18)13(21)19-12-7-5-4-6-11(12)14(15,16)17/h4-7,10H,3,8-9,18H2,1-2H3,(H,19,21). The highest BCUT2D eigenvalue weighted by Gasteiger charge is 2.33. The Labute approximate surface area is 122 Å². The highest BCUT2D eigenvalue weighted by atomic mass is 19.4. The molecule has 0 aliphatic heterocycles. The average Bonchev–Trinajstić information content (AvgIpc) is 2.43. The van der Waals surface area contributed by atoms with Crippen LogP contribution in [0.25, 0.3) is 0 Å². The third-order valence-corrected chi connectivity index (χ3v) is 3.08. The first-order chi connectivity index (χ1) is 9.79. The van der Waals surface area contributed by atoms with E-state index in [0.717, 1.165) is 6.07 Å². The Morgan fingerprint density at radius 3 is 2.52 bits per heavy atom. The van der Waals surface area contributed by atoms with Gasteiger partial charge in [0.25, 0.3) is 0 Å². The SMILES string of the molecule is CCN(CC(C)CN)C(=O)Nc1ccccc1C(F)(F)F. The van der Waals surface area contributed by atoms with E-state index in [0.29, 0.717) is 19.6 Å². The monoisotopic (exact) mass is 303 g/mol. The van der Waals surface area contributed by atoms with Gasteiger partial charge in [-0.3, -0.25) is 0 Å². The van der Waals surface area contributed by atoms with E-state index in [9.17, 15) is 18.0 Å². The lowest BCUT2D eigenvalue weighted by Crippen LogP contribution is -2.39. The van der Waals surface area contributed by atoms with E-state index in [-0.39, 0.29) is 11.6 Å². The number of nitrogens with one attached hydrogen (secondary N) is 1. The number of nitrogens with two attached hydrogens (primary N) is 1. The molecule has 0 bridgehead atoms. The molecule has 1 aromatic rings. The Morgan fingerprint density at radius 2 is 2.00 bits per heavy atom. The zero-order valence-corrected chi connectivity index (χ0v) is 12.1. The summed E-state index contributed by atoms with van der Waals surface area (Å²) in [6.45, 7) is 4.83. The van der Waals surface area contributed by atoms with Gasteiger partial charge in [0.2, 0.25) is 0 Å². The van der Waals surface area contributed by atoms with Crippen LogP contribution in [-0.2, 0) is 6.18 Å². The molecule has 2 amide bonds. The van der Waals surface area contributed by atoms with Crippen LogP contribution < -0.4 is 11.1 Å². The van der Waals surface area contributed by atoms with Crippen molar-refractivity contribution in [3.05, 3.63) is 29.8 Å². The first-order valence-corrected chi connectivity index (χ1v) is 6.71. The normalized spacial score (nSPS) is 12.9. The van der Waals surface area contributed by atoms with Crippen molar-refractivity contribution in [2.24, 2.45) is 11.7 Å². The molecule has 0 heterocycles. The van der Waals surface area contributed by atoms with Gasteiger partial charge in [-0.05, 0) is 31.5 Å². The molecule has 0 saturated heterocycles. The minimum Gasteiger partial charge on any atom is -0.330 e. The first-order valence-electron chi connectivity index (χ1n) is 6.71. The second-order valence-corrected chi connectivity index (χ2v) is 4.85. The molecule has 1 aromatic carbocycles. The van der Waals surface area contributed by atoms with E-state index in [1.807, 2.05) is 6.92 Å². The predicted molar refractivity (Wildman–Crippen MR) is 75.9 cm³/mol. The largest absolute Gasteiger partial charge is 0.418 e. The number of benzene rings is 1. The maximum Gasteiger partial charge on any atom is 0.418 e. The van der Waals surface area contributed by atoms with Crippen molar-refractivity contribution < 1.29 is 18.0 Å². The van der Waals surface area contributed by atoms with Crippen LogP contribution in [0.5, 0.6) is 0 Å². The Morgan fingerprint density at radius 1 is 1.38 bits per heavy atom. The van der Waals surface area contributed by atoms with Crippen LogP contribution in [0.4, 0.5) is 23.7 Å². The van der Waals surface area contributed by atoms with E-state index >= 15 is 0 Å². The lowest BCUT2D eigenvalue weighted by Gasteiger charge is -2.25. The van der Waals surface area contributed by atoms with Gasteiger partial charge < -0.3 is 16.0 Å². The maximum absolute atomic E-state index is 12.9. The fourth-order valence-corrected chi connectivity index (χ4v) is 1.84. The molecular formula is C14H20F3N3O. The fraction of sp³-hybridized carbons (Fsp3) is 0.500. The van der Waals surface area contributed by atoms with Crippen LogP contribution in [0, 0.1) is 5.92 Å². The maximum atomic E-state index is 12.9. The number of para-hydroxylation sites is 1. The van der Waals surface area contributed by atoms with Gasteiger partial charge in [-0.2, -0.15) is 13.2 Å². The minimum absolute atomic E-state index is 0.0774. The van der Waals surface area contributed by atoms with E-state index in [1.165, 1.54) is 23.1 Å². The molecule has 0 aliphatic rings. The summed E-state index contributed by atoms with van der Waals surface area (Å²) in [5.41, 5.74) is 4.40. The van der Waals surface area contributed by atoms with Gasteiger partial charge in [-0.25, -0.2) is 4.79 Å². The third-order valence-electron chi connectivity index (χ3n) is 3.08. The lowest BCUT2D eigenvalue weighted by molar-refractivity contribution is -0.136. The van der Waals surface area contributed by atoms with Crippen LogP contribution in [0.1, 0.15) is 19.4 Å². The number of hydrogen-bond acceptors (Lipinski definition) is 2. The number of amides is 2. The summed E-state index contributed by atoms with van der Waals surface area (Å²) >= 11 is 0. The van der Waals surface area contributed by atoms with E-state index in [1.54, 1.807) is 6.92 Å². The highest BCUT2D eigenvalue weighted by Crippen LogP contribution is 2.34. The van der Waals surface area contributed by atoms with Gasteiger partial charge in [-0.15, -0.1) is 0 Å². The van der Waals surface area contributed by atoms with Gasteiger partial charge in [-0.1, -0.05) is 19.1 Å². The summed E-state index contributed by atoms with van der Waals surface area (Å²) < 4.78 is 38.6. The summed E-state index contributed by atoms with van der Waals surface area (Å²) in [6, 6.07) is 4.35. The molecule has 7 heteroatoms. The molecule has 0 saturated carbocycles. The Kier molecular flexibility index (Phi) is 6.02. The Balaban J connectivity index is 2.87. The number of carbonyl (C=O) groups excluding carboxylic acids is 1. The molecule has 0 aliphatic carbocycles. The van der Waals surface area contributed by atoms with Gasteiger partial charge >= 0.3 is 12.2 Å². The highest BCUT2D eigenvalue weighted by molar-refractivity contribution is 5.90. The molecule has 4 nitrogen and oxygen atoms in total. The van der Waals surface area contributed by atoms with Crippen LogP contribution >= 0.6 is 0 Å². The van der Waals surface area contributed by atoms with Crippen LogP contribution in [0.2, 0.25) is 0 Å². The van der Waals surface area contributed by atoms with E-state index < -0.39 is 17.8 Å². The van der Waals surface area contributed by atoms with Crippen LogP contribution in [-0.4, -0.2) is 30.6 Å². The number of halogens is 3. The van der Waals surface area contributed by atoms with Crippen molar-refractivity contribution in [3.8, 4) is 0 Å². The van der Waals surface area contributed by atoms with E-state index in [4.69, 9.17) is 5.73 Å². The third kappa shape index (κ3) is 4.93. The summed E-state index contributed by atoms with van der Waals surface area (Å²) in [7, 11) is 0. The number of nitrogens with zero attached hydrogens (tertiary/aromatic N) is 1. The summed E-state index contributed by atoms with van der Waals surface area (Å²) in [6.07, 6.45) is -4.51. The summed E-state index contributed by atoms with van der Waals surface area (Å²) in [5.74, 6) is 0.0774. The zero-order chi connectivity index (χ0) is 16.0. The van der Waals surface area contributed by atoms with Gasteiger partial charge in [0.05, 0.1) is 11.3 Å². The number of carbonyl (C=O) groups is 1. The van der Waals surface area contributed by atoms with Crippen molar-refractivity contribution in [1.29, 1.82) is 0 Å². The first kappa shape index (κ1) is 17.3. The van der Waals surface area contributed by atoms with Crippen molar-refractivity contribution >= 4 is 11.7 Å². The average molecular weight is 303 g/mol. The second-order valence-electron chi connectivity index (χ2n) is 4.85. The topological polar surface area (TPSA) is 58.4 Å². The van der Waals surface area contributed by atoms with Crippen LogP contribution in [0.15, 0.2) is 24.3 Å². The molecule has 118 valence electrons. The van der Waals surface area contributed by atoms with Crippen molar-refractivity contribution in [3.63, 3.8) is 0 Å². The minimum atomic E-state index is -4.51. The molecule has 0 spiro atoms. The smallest absolute Gasteiger partial charge is 0.330 e. The van der Waals surface area contributed by atoms with E-state index in [2.05, 4.69) is 5.32 Å². The molecule has 3 N–H and O–H groups in total.